The molecule has 0 spiro atoms. The van der Waals surface area contributed by atoms with Crippen molar-refractivity contribution in [3.05, 3.63) is 16.3 Å². The lowest BCUT2D eigenvalue weighted by atomic mass is 9.94. The van der Waals surface area contributed by atoms with E-state index in [1.807, 2.05) is 4.90 Å². The first-order chi connectivity index (χ1) is 8.72. The Balaban J connectivity index is 2.14. The number of aliphatic hydroxyl groups is 1. The summed E-state index contributed by atoms with van der Waals surface area (Å²) in [5.41, 5.74) is 0. The van der Waals surface area contributed by atoms with E-state index in [0.717, 1.165) is 24.2 Å². The number of aromatic nitrogens is 1. The number of thiazole rings is 1. The van der Waals surface area contributed by atoms with Gasteiger partial charge in [-0.1, -0.05) is 19.3 Å². The van der Waals surface area contributed by atoms with Gasteiger partial charge in [-0.05, 0) is 24.2 Å². The van der Waals surface area contributed by atoms with Gasteiger partial charge < -0.3 is 10.0 Å². The lowest BCUT2D eigenvalue weighted by molar-refractivity contribution is -0.380. The minimum atomic E-state index is -0.417. The van der Waals surface area contributed by atoms with Gasteiger partial charge in [0.15, 0.2) is 5.13 Å². The van der Waals surface area contributed by atoms with Gasteiger partial charge in [0.05, 0.1) is 11.5 Å². The number of rotatable bonds is 5. The minimum Gasteiger partial charge on any atom is -0.395 e. The van der Waals surface area contributed by atoms with E-state index in [2.05, 4.69) is 4.98 Å². The standard InChI is InChI=1S/C11H17N3O3S/c15-7-6-13(9-4-2-1-3-5-9)11-12-8-10(18-11)14(16)17/h8-9,15H,1-7H2. The van der Waals surface area contributed by atoms with Crippen molar-refractivity contribution in [3.63, 3.8) is 0 Å². The third kappa shape index (κ3) is 2.97. The van der Waals surface area contributed by atoms with E-state index in [-0.39, 0.29) is 11.6 Å². The van der Waals surface area contributed by atoms with Gasteiger partial charge in [0.2, 0.25) is 0 Å². The van der Waals surface area contributed by atoms with E-state index in [1.54, 1.807) is 0 Å². The predicted octanol–water partition coefficient (Wildman–Crippen LogP) is 2.18. The molecule has 0 aliphatic heterocycles. The minimum absolute atomic E-state index is 0.0455. The van der Waals surface area contributed by atoms with E-state index < -0.39 is 4.92 Å². The number of hydrogen-bond donors (Lipinski definition) is 1. The smallest absolute Gasteiger partial charge is 0.345 e. The lowest BCUT2D eigenvalue weighted by Gasteiger charge is -2.33. The molecule has 18 heavy (non-hydrogen) atoms. The van der Waals surface area contributed by atoms with Crippen molar-refractivity contribution in [1.82, 2.24) is 4.98 Å². The molecule has 1 fully saturated rings. The third-order valence-electron chi connectivity index (χ3n) is 3.26. The molecule has 100 valence electrons. The molecule has 0 atom stereocenters. The average Bonchev–Trinajstić information content (AvgIpc) is 2.86. The van der Waals surface area contributed by atoms with E-state index >= 15 is 0 Å². The maximum Gasteiger partial charge on any atom is 0.345 e. The Morgan fingerprint density at radius 3 is 2.78 bits per heavy atom. The van der Waals surface area contributed by atoms with Crippen LogP contribution in [0.15, 0.2) is 6.20 Å². The second kappa shape index (κ2) is 6.10. The van der Waals surface area contributed by atoms with Gasteiger partial charge in [0.25, 0.3) is 0 Å². The van der Waals surface area contributed by atoms with E-state index in [9.17, 15) is 10.1 Å². The summed E-state index contributed by atoms with van der Waals surface area (Å²) in [6, 6.07) is 0.358. The number of anilines is 1. The third-order valence-corrected chi connectivity index (χ3v) is 4.25. The van der Waals surface area contributed by atoms with Gasteiger partial charge >= 0.3 is 5.00 Å². The summed E-state index contributed by atoms with van der Waals surface area (Å²) in [6.45, 7) is 0.541. The van der Waals surface area contributed by atoms with Crippen LogP contribution in [0.5, 0.6) is 0 Å². The molecule has 0 radical (unpaired) electrons. The fraction of sp³-hybridized carbons (Fsp3) is 0.727. The largest absolute Gasteiger partial charge is 0.395 e. The Kier molecular flexibility index (Phi) is 4.48. The molecule has 0 bridgehead atoms. The number of nitro groups is 1. The highest BCUT2D eigenvalue weighted by Crippen LogP contribution is 2.32. The fourth-order valence-electron chi connectivity index (χ4n) is 2.41. The molecular weight excluding hydrogens is 254 g/mol. The van der Waals surface area contributed by atoms with Crippen LogP contribution in [0, 0.1) is 10.1 Å². The summed E-state index contributed by atoms with van der Waals surface area (Å²) in [6.07, 6.45) is 7.07. The topological polar surface area (TPSA) is 79.5 Å². The molecule has 2 rings (SSSR count). The van der Waals surface area contributed by atoms with Gasteiger partial charge in [-0.2, -0.15) is 0 Å². The maximum atomic E-state index is 10.7. The van der Waals surface area contributed by atoms with Gasteiger partial charge in [0.1, 0.15) is 6.20 Å². The molecule has 0 aromatic carbocycles. The van der Waals surface area contributed by atoms with Gasteiger partial charge in [-0.15, -0.1) is 0 Å². The number of aliphatic hydroxyl groups excluding tert-OH is 1. The maximum absolute atomic E-state index is 10.7. The van der Waals surface area contributed by atoms with Crippen LogP contribution in [0.4, 0.5) is 10.1 Å². The summed E-state index contributed by atoms with van der Waals surface area (Å²) >= 11 is 1.09. The van der Waals surface area contributed by atoms with Gasteiger partial charge in [-0.3, -0.25) is 10.1 Å². The highest BCUT2D eigenvalue weighted by molar-refractivity contribution is 7.18. The van der Waals surface area contributed by atoms with Crippen molar-refractivity contribution in [2.24, 2.45) is 0 Å². The summed E-state index contributed by atoms with van der Waals surface area (Å²) in [5, 5.41) is 20.5. The van der Waals surface area contributed by atoms with Crippen LogP contribution in [0.2, 0.25) is 0 Å². The number of hydrogen-bond acceptors (Lipinski definition) is 6. The Morgan fingerprint density at radius 2 is 2.22 bits per heavy atom. The molecule has 0 saturated heterocycles. The molecule has 1 aromatic heterocycles. The second-order valence-electron chi connectivity index (χ2n) is 4.45. The second-order valence-corrected chi connectivity index (χ2v) is 5.43. The monoisotopic (exact) mass is 271 g/mol. The van der Waals surface area contributed by atoms with Crippen LogP contribution in [-0.2, 0) is 0 Å². The van der Waals surface area contributed by atoms with Crippen molar-refractivity contribution in [2.75, 3.05) is 18.1 Å². The van der Waals surface area contributed by atoms with E-state index in [0.29, 0.717) is 17.7 Å². The molecule has 1 saturated carbocycles. The quantitative estimate of drug-likeness (QED) is 0.656. The highest BCUT2D eigenvalue weighted by Gasteiger charge is 2.24. The molecule has 1 aromatic rings. The summed E-state index contributed by atoms with van der Waals surface area (Å²) in [7, 11) is 0. The van der Waals surface area contributed by atoms with Crippen molar-refractivity contribution in [1.29, 1.82) is 0 Å². The van der Waals surface area contributed by atoms with Crippen LogP contribution in [0.25, 0.3) is 0 Å². The van der Waals surface area contributed by atoms with Crippen molar-refractivity contribution in [3.8, 4) is 0 Å². The van der Waals surface area contributed by atoms with E-state index in [1.165, 1.54) is 25.5 Å². The highest BCUT2D eigenvalue weighted by atomic mass is 32.1. The molecule has 1 N–H and O–H groups in total. The molecule has 0 amide bonds. The summed E-state index contributed by atoms with van der Waals surface area (Å²) in [4.78, 5) is 16.4. The first-order valence-electron chi connectivity index (χ1n) is 6.20. The first-order valence-corrected chi connectivity index (χ1v) is 7.01. The SMILES string of the molecule is O=[N+]([O-])c1cnc(N(CCO)C2CCCCC2)s1. The normalized spacial score (nSPS) is 16.7. The van der Waals surface area contributed by atoms with Crippen molar-refractivity contribution in [2.45, 2.75) is 38.1 Å². The Hall–Kier alpha value is -1.21. The molecule has 1 aliphatic rings. The zero-order valence-corrected chi connectivity index (χ0v) is 10.9. The number of nitrogens with zero attached hydrogens (tertiary/aromatic N) is 3. The Labute approximate surface area is 109 Å². The molecule has 1 heterocycles. The molecule has 1 aliphatic carbocycles. The Bertz CT molecular complexity index is 404. The van der Waals surface area contributed by atoms with Gasteiger partial charge in [-0.25, -0.2) is 4.98 Å². The van der Waals surface area contributed by atoms with Crippen molar-refractivity contribution >= 4 is 21.5 Å². The summed E-state index contributed by atoms with van der Waals surface area (Å²) in [5.74, 6) is 0. The molecule has 0 unspecified atom stereocenters. The summed E-state index contributed by atoms with van der Waals surface area (Å²) < 4.78 is 0. The molecule has 6 nitrogen and oxygen atoms in total. The Morgan fingerprint density at radius 1 is 1.50 bits per heavy atom. The first kappa shape index (κ1) is 13.2. The van der Waals surface area contributed by atoms with Crippen LogP contribution in [0.3, 0.4) is 0 Å². The lowest BCUT2D eigenvalue weighted by Crippen LogP contribution is -2.38. The van der Waals surface area contributed by atoms with Crippen LogP contribution < -0.4 is 4.90 Å². The zero-order valence-electron chi connectivity index (χ0n) is 10.1. The van der Waals surface area contributed by atoms with Gasteiger partial charge in [0, 0.05) is 12.6 Å². The van der Waals surface area contributed by atoms with Crippen LogP contribution in [-0.4, -0.2) is 34.2 Å². The van der Waals surface area contributed by atoms with Crippen molar-refractivity contribution < 1.29 is 10.0 Å². The fourth-order valence-corrected chi connectivity index (χ4v) is 3.24. The van der Waals surface area contributed by atoms with E-state index in [4.69, 9.17) is 5.11 Å². The zero-order chi connectivity index (χ0) is 13.0. The van der Waals surface area contributed by atoms with Crippen LogP contribution >= 0.6 is 11.3 Å². The average molecular weight is 271 g/mol. The predicted molar refractivity (Wildman–Crippen MR) is 70.1 cm³/mol. The van der Waals surface area contributed by atoms with Crippen LogP contribution in [0.1, 0.15) is 32.1 Å². The molecule has 7 heteroatoms. The molecular formula is C11H17N3O3S.